The molecule has 29 heavy (non-hydrogen) atoms. The Kier molecular flexibility index (Phi) is 15.7. The van der Waals surface area contributed by atoms with Gasteiger partial charge in [0.25, 0.3) is 0 Å². The first kappa shape index (κ1) is 30.3. The maximum Gasteiger partial charge on any atom is 2.00 e. The Labute approximate surface area is 208 Å². The fourth-order valence-corrected chi connectivity index (χ4v) is 3.07. The van der Waals surface area contributed by atoms with Crippen LogP contribution in [0.1, 0.15) is 35.1 Å². The second kappa shape index (κ2) is 15.0. The molecule has 0 heterocycles. The molecule has 0 saturated heterocycles. The van der Waals surface area contributed by atoms with Crippen LogP contribution in [0.15, 0.2) is 60.7 Å². The first-order chi connectivity index (χ1) is 12.5. The van der Waals surface area contributed by atoms with Crippen LogP contribution in [-0.4, -0.2) is 0 Å². The summed E-state index contributed by atoms with van der Waals surface area (Å²) in [6.07, 6.45) is 1.92. The summed E-state index contributed by atoms with van der Waals surface area (Å²) in [5.74, 6) is 0. The molecule has 0 aliphatic heterocycles. The molecule has 4 aromatic carbocycles. The van der Waals surface area contributed by atoms with Crippen LogP contribution in [0.4, 0.5) is 0 Å². The molecule has 0 saturated carbocycles. The third-order valence-corrected chi connectivity index (χ3v) is 4.75. The van der Waals surface area contributed by atoms with E-state index in [0.29, 0.717) is 0 Å². The number of hydrogen-bond donors (Lipinski definition) is 0. The molecule has 0 bridgehead atoms. The molecule has 0 fully saturated rings. The van der Waals surface area contributed by atoms with Crippen LogP contribution < -0.4 is 24.8 Å². The first-order valence-corrected chi connectivity index (χ1v) is 9.31. The van der Waals surface area contributed by atoms with Gasteiger partial charge in [0.1, 0.15) is 0 Å². The molecule has 0 nitrogen and oxygen atoms in total. The second-order valence-corrected chi connectivity index (χ2v) is 6.81. The molecule has 0 aromatic heterocycles. The van der Waals surface area contributed by atoms with Crippen molar-refractivity contribution in [1.82, 2.24) is 0 Å². The van der Waals surface area contributed by atoms with Crippen molar-refractivity contribution < 1.29 is 51.0 Å². The number of rotatable bonds is 1. The van der Waals surface area contributed by atoms with E-state index in [9.17, 15) is 0 Å². The zero-order chi connectivity index (χ0) is 19.1. The van der Waals surface area contributed by atoms with Crippen LogP contribution in [0.25, 0.3) is 21.5 Å². The van der Waals surface area contributed by atoms with E-state index < -0.39 is 0 Å². The number of fused-ring (bicyclic) bond motifs is 2. The minimum atomic E-state index is 0. The smallest absolute Gasteiger partial charge is 1.00 e. The minimum Gasteiger partial charge on any atom is -1.00 e. The SMILES string of the molecule is Cc1ccc(C)c2[cH-]ccc12.Cc1ccc(C)c2[cH-]ccc12.[CH2-]CC[CH2-].[Cl-].[Cl-].[Zr+2]. The van der Waals surface area contributed by atoms with Crippen molar-refractivity contribution in [1.29, 1.82) is 0 Å². The Balaban J connectivity index is 0. The van der Waals surface area contributed by atoms with Gasteiger partial charge in [0.15, 0.2) is 0 Å². The Bertz CT molecular complexity index is 811. The Morgan fingerprint density at radius 3 is 1.17 bits per heavy atom. The summed E-state index contributed by atoms with van der Waals surface area (Å²) in [7, 11) is 0. The summed E-state index contributed by atoms with van der Waals surface area (Å²) in [6.45, 7) is 15.7. The molecule has 4 rings (SSSR count). The van der Waals surface area contributed by atoms with Crippen molar-refractivity contribution in [3.05, 3.63) is 96.8 Å². The van der Waals surface area contributed by atoms with Crippen molar-refractivity contribution in [2.45, 2.75) is 40.5 Å². The number of halogens is 2. The standard InChI is InChI=1S/2C11H11.C4H8.2ClH.Zr/c2*1-8-6-7-9(2)11-5-3-4-10(8)11;1-3-4-2;;;/h2*3-7H,1-2H3;1-4H2;2*1H;/q2*-1;-2;;;+2/p-2. The fraction of sp³-hybridized carbons (Fsp3) is 0.231. The number of aryl methyl sites for hydroxylation is 4. The molecule has 0 atom stereocenters. The van der Waals surface area contributed by atoms with E-state index in [4.69, 9.17) is 0 Å². The quantitative estimate of drug-likeness (QED) is 0.347. The van der Waals surface area contributed by atoms with Crippen LogP contribution in [0.3, 0.4) is 0 Å². The molecule has 156 valence electrons. The molecule has 0 radical (unpaired) electrons. The third kappa shape index (κ3) is 8.05. The topological polar surface area (TPSA) is 0 Å². The van der Waals surface area contributed by atoms with Gasteiger partial charge in [0.2, 0.25) is 0 Å². The van der Waals surface area contributed by atoms with Gasteiger partial charge in [0, 0.05) is 0 Å². The number of unbranched alkanes of at least 4 members (excludes halogenated alkanes) is 1. The van der Waals surface area contributed by atoms with Gasteiger partial charge >= 0.3 is 26.2 Å². The second-order valence-electron chi connectivity index (χ2n) is 6.81. The van der Waals surface area contributed by atoms with Crippen molar-refractivity contribution in [2.24, 2.45) is 0 Å². The van der Waals surface area contributed by atoms with E-state index in [2.05, 4.69) is 102 Å². The van der Waals surface area contributed by atoms with Gasteiger partial charge in [0.05, 0.1) is 0 Å². The Morgan fingerprint density at radius 1 is 0.586 bits per heavy atom. The van der Waals surface area contributed by atoms with E-state index in [1.54, 1.807) is 0 Å². The average molecular weight is 505 g/mol. The van der Waals surface area contributed by atoms with Crippen molar-refractivity contribution in [3.8, 4) is 0 Å². The van der Waals surface area contributed by atoms with Crippen molar-refractivity contribution >= 4 is 21.5 Å². The van der Waals surface area contributed by atoms with Gasteiger partial charge in [-0.15, -0.1) is 56.9 Å². The molecular formula is C26H30Cl2Zr-4. The average Bonchev–Trinajstić information content (AvgIpc) is 3.33. The summed E-state index contributed by atoms with van der Waals surface area (Å²) in [5, 5.41) is 5.57. The number of benzene rings is 2. The van der Waals surface area contributed by atoms with E-state index >= 15 is 0 Å². The summed E-state index contributed by atoms with van der Waals surface area (Å²) in [4.78, 5) is 0. The maximum absolute atomic E-state index is 3.54. The summed E-state index contributed by atoms with van der Waals surface area (Å²) in [5.41, 5.74) is 5.48. The van der Waals surface area contributed by atoms with Crippen molar-refractivity contribution in [3.63, 3.8) is 0 Å². The Hall–Kier alpha value is -0.877. The van der Waals surface area contributed by atoms with Crippen LogP contribution in [0, 0.1) is 41.5 Å². The summed E-state index contributed by atoms with van der Waals surface area (Å²) >= 11 is 0. The third-order valence-electron chi connectivity index (χ3n) is 4.75. The van der Waals surface area contributed by atoms with Gasteiger partial charge in [-0.05, 0) is 13.8 Å². The Morgan fingerprint density at radius 2 is 0.897 bits per heavy atom. The maximum atomic E-state index is 3.54. The number of hydrogen-bond acceptors (Lipinski definition) is 0. The van der Waals surface area contributed by atoms with Gasteiger partial charge in [-0.2, -0.15) is 24.3 Å². The normalized spacial score (nSPS) is 9.17. The molecule has 4 aromatic rings. The van der Waals surface area contributed by atoms with Gasteiger partial charge in [-0.3, -0.25) is 0 Å². The molecule has 0 unspecified atom stereocenters. The van der Waals surface area contributed by atoms with Gasteiger partial charge in [-0.25, -0.2) is 12.8 Å². The molecular weight excluding hydrogens is 474 g/mol. The van der Waals surface area contributed by atoms with Gasteiger partial charge < -0.3 is 38.7 Å². The first-order valence-electron chi connectivity index (χ1n) is 9.31. The molecule has 0 spiro atoms. The summed E-state index contributed by atoms with van der Waals surface area (Å²) in [6, 6.07) is 21.7. The molecule has 0 aliphatic rings. The van der Waals surface area contributed by atoms with Crippen LogP contribution in [0.5, 0.6) is 0 Å². The monoisotopic (exact) mass is 502 g/mol. The zero-order valence-corrected chi connectivity index (χ0v) is 21.8. The molecule has 0 amide bonds. The molecule has 0 aliphatic carbocycles. The van der Waals surface area contributed by atoms with Gasteiger partial charge in [-0.1, -0.05) is 37.1 Å². The van der Waals surface area contributed by atoms with E-state index in [1.165, 1.54) is 43.8 Å². The predicted molar refractivity (Wildman–Crippen MR) is 118 cm³/mol. The van der Waals surface area contributed by atoms with E-state index in [0.717, 1.165) is 12.8 Å². The fourth-order valence-electron chi connectivity index (χ4n) is 3.07. The largest absolute Gasteiger partial charge is 2.00 e. The van der Waals surface area contributed by atoms with Crippen LogP contribution >= 0.6 is 0 Å². The predicted octanol–water partition coefficient (Wildman–Crippen LogP) is 1.79. The van der Waals surface area contributed by atoms with Crippen LogP contribution in [-0.2, 0) is 26.2 Å². The molecule has 0 N–H and O–H groups in total. The summed E-state index contributed by atoms with van der Waals surface area (Å²) < 4.78 is 0. The van der Waals surface area contributed by atoms with Crippen molar-refractivity contribution in [2.75, 3.05) is 0 Å². The van der Waals surface area contributed by atoms with E-state index in [-0.39, 0.29) is 51.0 Å². The zero-order valence-electron chi connectivity index (χ0n) is 17.9. The molecule has 3 heteroatoms. The van der Waals surface area contributed by atoms with E-state index in [1.807, 2.05) is 0 Å². The minimum absolute atomic E-state index is 0. The van der Waals surface area contributed by atoms with Crippen LogP contribution in [0.2, 0.25) is 0 Å².